The number of nitrogens with zero attached hydrogens (tertiary/aromatic N) is 3. The van der Waals surface area contributed by atoms with Gasteiger partial charge in [-0.15, -0.1) is 0 Å². The monoisotopic (exact) mass is 343 g/mol. The fourth-order valence-electron chi connectivity index (χ4n) is 3.07. The van der Waals surface area contributed by atoms with Crippen LogP contribution >= 0.6 is 0 Å². The molecule has 2 N–H and O–H groups in total. The van der Waals surface area contributed by atoms with Gasteiger partial charge in [-0.1, -0.05) is 6.92 Å². The summed E-state index contributed by atoms with van der Waals surface area (Å²) >= 11 is 0. The van der Waals surface area contributed by atoms with Crippen molar-refractivity contribution >= 4 is 11.7 Å². The van der Waals surface area contributed by atoms with Crippen LogP contribution in [0, 0.1) is 5.92 Å². The molecule has 0 spiro atoms. The molecule has 134 valence electrons. The first kappa shape index (κ1) is 17.3. The summed E-state index contributed by atoms with van der Waals surface area (Å²) in [5.41, 5.74) is 0.779. The van der Waals surface area contributed by atoms with Crippen molar-refractivity contribution in [2.75, 3.05) is 25.5 Å². The van der Waals surface area contributed by atoms with Crippen molar-refractivity contribution in [3.05, 3.63) is 35.9 Å². The molecule has 1 fully saturated rings. The van der Waals surface area contributed by atoms with Crippen LogP contribution in [0.25, 0.3) is 0 Å². The number of rotatable bonds is 5. The minimum atomic E-state index is -0.0449. The lowest BCUT2D eigenvalue weighted by Crippen LogP contribution is -2.41. The van der Waals surface area contributed by atoms with E-state index in [0.717, 1.165) is 61.9 Å². The predicted octanol–water partition coefficient (Wildman–Crippen LogP) is 2.86. The Morgan fingerprint density at radius 1 is 1.32 bits per heavy atom. The highest BCUT2D eigenvalue weighted by atomic mass is 16.5. The second kappa shape index (κ2) is 8.00. The number of H-pyrrole nitrogens is 1. The molecule has 3 rings (SSSR count). The number of hydrogen-bond donors (Lipinski definition) is 2. The molecule has 0 saturated carbocycles. The van der Waals surface area contributed by atoms with Crippen molar-refractivity contribution in [1.29, 1.82) is 0 Å². The van der Waals surface area contributed by atoms with Crippen LogP contribution < -0.4 is 10.1 Å². The number of methoxy groups -OCH3 is 1. The number of nitrogens with one attached hydrogen (secondary N) is 2. The van der Waals surface area contributed by atoms with Gasteiger partial charge in [-0.3, -0.25) is 5.10 Å². The summed E-state index contributed by atoms with van der Waals surface area (Å²) in [7, 11) is 1.62. The normalized spacial score (nSPS) is 15.2. The molecule has 0 aliphatic carbocycles. The number of amides is 2. The summed E-state index contributed by atoms with van der Waals surface area (Å²) in [4.78, 5) is 18.7. The Morgan fingerprint density at radius 2 is 2.04 bits per heavy atom. The molecule has 0 atom stereocenters. The molecule has 1 aliphatic rings. The molecule has 2 heterocycles. The number of aryl methyl sites for hydroxylation is 1. The first-order valence-corrected chi connectivity index (χ1v) is 8.78. The smallest absolute Gasteiger partial charge is 0.321 e. The van der Waals surface area contributed by atoms with E-state index in [9.17, 15) is 4.79 Å². The number of ether oxygens (including phenoxy) is 1. The van der Waals surface area contributed by atoms with Crippen LogP contribution in [0.2, 0.25) is 0 Å². The third-order valence-electron chi connectivity index (χ3n) is 4.62. The zero-order valence-corrected chi connectivity index (χ0v) is 14.8. The minimum absolute atomic E-state index is 0.0449. The number of urea groups is 1. The summed E-state index contributed by atoms with van der Waals surface area (Å²) in [5.74, 6) is 3.14. The summed E-state index contributed by atoms with van der Waals surface area (Å²) < 4.78 is 5.12. The van der Waals surface area contributed by atoms with Gasteiger partial charge in [0.25, 0.3) is 0 Å². The van der Waals surface area contributed by atoms with Crippen LogP contribution in [-0.4, -0.2) is 46.3 Å². The number of anilines is 1. The van der Waals surface area contributed by atoms with Crippen LogP contribution in [0.5, 0.6) is 5.75 Å². The van der Waals surface area contributed by atoms with Gasteiger partial charge in [0, 0.05) is 31.6 Å². The highest BCUT2D eigenvalue weighted by molar-refractivity contribution is 5.89. The number of likely N-dealkylation sites (tertiary alicyclic amines) is 1. The lowest BCUT2D eigenvalue weighted by Gasteiger charge is -2.31. The maximum absolute atomic E-state index is 12.4. The van der Waals surface area contributed by atoms with Crippen LogP contribution in [0.3, 0.4) is 0 Å². The maximum atomic E-state index is 12.4. The van der Waals surface area contributed by atoms with Gasteiger partial charge in [0.2, 0.25) is 0 Å². The second-order valence-electron chi connectivity index (χ2n) is 6.35. The SMILES string of the molecule is CCc1n[nH]c(CC2CCN(C(=O)Nc3ccc(OC)cc3)CC2)n1. The Labute approximate surface area is 147 Å². The van der Waals surface area contributed by atoms with Crippen molar-refractivity contribution in [2.24, 2.45) is 5.92 Å². The van der Waals surface area contributed by atoms with Crippen LogP contribution in [0.4, 0.5) is 10.5 Å². The van der Waals surface area contributed by atoms with E-state index in [4.69, 9.17) is 4.74 Å². The van der Waals surface area contributed by atoms with E-state index in [0.29, 0.717) is 5.92 Å². The zero-order valence-electron chi connectivity index (χ0n) is 14.8. The highest BCUT2D eigenvalue weighted by Gasteiger charge is 2.23. The van der Waals surface area contributed by atoms with E-state index < -0.39 is 0 Å². The third kappa shape index (κ3) is 4.49. The van der Waals surface area contributed by atoms with Crippen molar-refractivity contribution in [2.45, 2.75) is 32.6 Å². The lowest BCUT2D eigenvalue weighted by atomic mass is 9.93. The fraction of sp³-hybridized carbons (Fsp3) is 0.500. The van der Waals surface area contributed by atoms with E-state index in [1.807, 2.05) is 36.1 Å². The molecular formula is C18H25N5O2. The van der Waals surface area contributed by atoms with E-state index in [1.54, 1.807) is 7.11 Å². The van der Waals surface area contributed by atoms with Crippen molar-refractivity contribution < 1.29 is 9.53 Å². The largest absolute Gasteiger partial charge is 0.497 e. The van der Waals surface area contributed by atoms with E-state index in [1.165, 1.54) is 0 Å². The number of piperidine rings is 1. The molecule has 0 bridgehead atoms. The molecule has 1 aromatic heterocycles. The number of hydrogen-bond acceptors (Lipinski definition) is 4. The van der Waals surface area contributed by atoms with E-state index in [-0.39, 0.29) is 6.03 Å². The van der Waals surface area contributed by atoms with Crippen LogP contribution in [0.15, 0.2) is 24.3 Å². The van der Waals surface area contributed by atoms with Crippen molar-refractivity contribution in [3.63, 3.8) is 0 Å². The molecule has 7 heteroatoms. The number of benzene rings is 1. The molecule has 2 aromatic rings. The van der Waals surface area contributed by atoms with Gasteiger partial charge in [-0.2, -0.15) is 5.10 Å². The average Bonchev–Trinajstić information content (AvgIpc) is 3.10. The standard InChI is InChI=1S/C18H25N5O2/c1-3-16-20-17(22-21-16)12-13-8-10-23(11-9-13)18(24)19-14-4-6-15(25-2)7-5-14/h4-7,13H,3,8-12H2,1-2H3,(H,19,24)(H,20,21,22). The van der Waals surface area contributed by atoms with Crippen molar-refractivity contribution in [3.8, 4) is 5.75 Å². The first-order chi connectivity index (χ1) is 12.2. The molecule has 7 nitrogen and oxygen atoms in total. The van der Waals surface area contributed by atoms with E-state index in [2.05, 4.69) is 20.5 Å². The van der Waals surface area contributed by atoms with E-state index >= 15 is 0 Å². The van der Waals surface area contributed by atoms with Gasteiger partial charge in [0.05, 0.1) is 7.11 Å². The number of aromatic nitrogens is 3. The Bertz CT molecular complexity index is 690. The molecular weight excluding hydrogens is 318 g/mol. The highest BCUT2D eigenvalue weighted by Crippen LogP contribution is 2.22. The predicted molar refractivity (Wildman–Crippen MR) is 95.8 cm³/mol. The van der Waals surface area contributed by atoms with Gasteiger partial charge >= 0.3 is 6.03 Å². The molecule has 1 aliphatic heterocycles. The first-order valence-electron chi connectivity index (χ1n) is 8.78. The number of aromatic amines is 1. The zero-order chi connectivity index (χ0) is 17.6. The summed E-state index contributed by atoms with van der Waals surface area (Å²) in [6.45, 7) is 3.58. The Balaban J connectivity index is 1.46. The van der Waals surface area contributed by atoms with Gasteiger partial charge in [-0.05, 0) is 43.0 Å². The molecule has 0 radical (unpaired) electrons. The molecule has 25 heavy (non-hydrogen) atoms. The fourth-order valence-corrected chi connectivity index (χ4v) is 3.07. The number of carbonyl (C=O) groups is 1. The summed E-state index contributed by atoms with van der Waals surface area (Å²) in [6.07, 6.45) is 3.72. The Morgan fingerprint density at radius 3 is 2.64 bits per heavy atom. The van der Waals surface area contributed by atoms with Crippen LogP contribution in [0.1, 0.15) is 31.4 Å². The van der Waals surface area contributed by atoms with Gasteiger partial charge in [0.15, 0.2) is 0 Å². The average molecular weight is 343 g/mol. The maximum Gasteiger partial charge on any atom is 0.321 e. The number of carbonyl (C=O) groups excluding carboxylic acids is 1. The van der Waals surface area contributed by atoms with Crippen molar-refractivity contribution in [1.82, 2.24) is 20.1 Å². The molecule has 0 unspecified atom stereocenters. The third-order valence-corrected chi connectivity index (χ3v) is 4.62. The topological polar surface area (TPSA) is 83.1 Å². The summed E-state index contributed by atoms with van der Waals surface area (Å²) in [6, 6.07) is 7.32. The summed E-state index contributed by atoms with van der Waals surface area (Å²) in [5, 5.41) is 10.1. The van der Waals surface area contributed by atoms with Gasteiger partial charge in [-0.25, -0.2) is 9.78 Å². The van der Waals surface area contributed by atoms with Gasteiger partial charge < -0.3 is 15.0 Å². The van der Waals surface area contributed by atoms with Gasteiger partial charge in [0.1, 0.15) is 17.4 Å². The Kier molecular flexibility index (Phi) is 5.53. The molecule has 1 aromatic carbocycles. The molecule has 1 saturated heterocycles. The second-order valence-corrected chi connectivity index (χ2v) is 6.35. The Hall–Kier alpha value is -2.57. The lowest BCUT2D eigenvalue weighted by molar-refractivity contribution is 0.182. The quantitative estimate of drug-likeness (QED) is 0.874. The molecule has 2 amide bonds. The van der Waals surface area contributed by atoms with Crippen LogP contribution in [-0.2, 0) is 12.8 Å². The minimum Gasteiger partial charge on any atom is -0.497 e.